The second-order valence-electron chi connectivity index (χ2n) is 3.72. The average molecular weight is 436 g/mol. The number of carbonyl (C=O) groups excluding carboxylic acids is 1. The number of thiophene rings is 1. The molecule has 1 amide bonds. The molecule has 2 rings (SSSR count). The van der Waals surface area contributed by atoms with Crippen molar-refractivity contribution in [2.75, 3.05) is 6.54 Å². The number of carbonyl (C=O) groups is 1. The third-order valence-corrected chi connectivity index (χ3v) is 4.73. The minimum absolute atomic E-state index is 0.0101. The minimum atomic E-state index is -0.0101. The van der Waals surface area contributed by atoms with Crippen LogP contribution in [0.15, 0.2) is 40.2 Å². The highest BCUT2D eigenvalue weighted by molar-refractivity contribution is 14.1. The third kappa shape index (κ3) is 4.07. The van der Waals surface area contributed by atoms with Gasteiger partial charge in [0.05, 0.1) is 3.79 Å². The molecule has 0 bridgehead atoms. The van der Waals surface area contributed by atoms with Gasteiger partial charge in [-0.2, -0.15) is 0 Å². The topological polar surface area (TPSA) is 29.1 Å². The van der Waals surface area contributed by atoms with Crippen molar-refractivity contribution in [1.82, 2.24) is 5.32 Å². The summed E-state index contributed by atoms with van der Waals surface area (Å²) in [7, 11) is 0. The van der Waals surface area contributed by atoms with E-state index < -0.39 is 0 Å². The number of benzene rings is 1. The largest absolute Gasteiger partial charge is 0.352 e. The van der Waals surface area contributed by atoms with Crippen molar-refractivity contribution in [2.24, 2.45) is 0 Å². The van der Waals surface area contributed by atoms with E-state index in [1.807, 2.05) is 30.3 Å². The number of hydrogen-bond donors (Lipinski definition) is 1. The van der Waals surface area contributed by atoms with E-state index in [0.29, 0.717) is 12.1 Å². The molecule has 2 aromatic rings. The van der Waals surface area contributed by atoms with Crippen LogP contribution in [0.2, 0.25) is 0 Å². The zero-order valence-corrected chi connectivity index (χ0v) is 14.0. The zero-order valence-electron chi connectivity index (χ0n) is 9.45. The number of halogens is 2. The predicted octanol–water partition coefficient (Wildman–Crippen LogP) is 4.09. The maximum absolute atomic E-state index is 11.9. The van der Waals surface area contributed by atoms with Crippen LogP contribution >= 0.6 is 49.9 Å². The minimum Gasteiger partial charge on any atom is -0.352 e. The Kier molecular flexibility index (Phi) is 5.20. The molecule has 1 aromatic heterocycles. The van der Waals surface area contributed by atoms with Gasteiger partial charge >= 0.3 is 0 Å². The lowest BCUT2D eigenvalue weighted by atomic mass is 10.2. The summed E-state index contributed by atoms with van der Waals surface area (Å²) in [6.07, 6.45) is 0.867. The smallest absolute Gasteiger partial charge is 0.251 e. The van der Waals surface area contributed by atoms with E-state index in [9.17, 15) is 4.79 Å². The standard InChI is InChI=1S/C13H11BrINOS/c14-12-5-4-11(18-12)6-7-16-13(17)9-2-1-3-10(15)8-9/h1-5,8H,6-7H2,(H,16,17). The number of hydrogen-bond acceptors (Lipinski definition) is 2. The first-order valence-electron chi connectivity index (χ1n) is 5.43. The van der Waals surface area contributed by atoms with Gasteiger partial charge in [-0.3, -0.25) is 4.79 Å². The van der Waals surface area contributed by atoms with E-state index in [1.54, 1.807) is 11.3 Å². The SMILES string of the molecule is O=C(NCCc1ccc(Br)s1)c1cccc(I)c1. The lowest BCUT2D eigenvalue weighted by Gasteiger charge is -2.04. The molecule has 0 saturated heterocycles. The van der Waals surface area contributed by atoms with E-state index in [2.05, 4.69) is 49.9 Å². The molecule has 5 heteroatoms. The molecule has 94 valence electrons. The quantitative estimate of drug-likeness (QED) is 0.720. The first kappa shape index (κ1) is 14.0. The molecule has 0 spiro atoms. The molecule has 0 unspecified atom stereocenters. The van der Waals surface area contributed by atoms with Gasteiger partial charge in [-0.1, -0.05) is 6.07 Å². The summed E-state index contributed by atoms with van der Waals surface area (Å²) in [6, 6.07) is 11.7. The molecule has 0 aliphatic carbocycles. The molecule has 1 heterocycles. The summed E-state index contributed by atoms with van der Waals surface area (Å²) >= 11 is 7.33. The Balaban J connectivity index is 1.85. The highest BCUT2D eigenvalue weighted by atomic mass is 127. The number of nitrogens with one attached hydrogen (secondary N) is 1. The van der Waals surface area contributed by atoms with E-state index in [1.165, 1.54) is 4.88 Å². The number of rotatable bonds is 4. The van der Waals surface area contributed by atoms with Gasteiger partial charge in [0.25, 0.3) is 5.91 Å². The van der Waals surface area contributed by atoms with Crippen molar-refractivity contribution in [2.45, 2.75) is 6.42 Å². The van der Waals surface area contributed by atoms with Crippen LogP contribution in [0.1, 0.15) is 15.2 Å². The monoisotopic (exact) mass is 435 g/mol. The van der Waals surface area contributed by atoms with Crippen molar-refractivity contribution in [1.29, 1.82) is 0 Å². The Hall–Kier alpha value is -0.400. The highest BCUT2D eigenvalue weighted by Gasteiger charge is 2.05. The van der Waals surface area contributed by atoms with Crippen LogP contribution in [-0.4, -0.2) is 12.5 Å². The first-order valence-corrected chi connectivity index (χ1v) is 8.12. The molecular formula is C13H11BrINOS. The molecule has 0 fully saturated rings. The Morgan fingerprint density at radius 3 is 2.83 bits per heavy atom. The van der Waals surface area contributed by atoms with Gasteiger partial charge < -0.3 is 5.32 Å². The number of amides is 1. The van der Waals surface area contributed by atoms with E-state index >= 15 is 0 Å². The van der Waals surface area contributed by atoms with Crippen molar-refractivity contribution in [3.63, 3.8) is 0 Å². The molecule has 0 atom stereocenters. The fourth-order valence-electron chi connectivity index (χ4n) is 1.52. The van der Waals surface area contributed by atoms with Crippen LogP contribution in [0.3, 0.4) is 0 Å². The fraction of sp³-hybridized carbons (Fsp3) is 0.154. The van der Waals surface area contributed by atoms with E-state index in [0.717, 1.165) is 13.8 Å². The summed E-state index contributed by atoms with van der Waals surface area (Å²) in [4.78, 5) is 13.1. The summed E-state index contributed by atoms with van der Waals surface area (Å²) in [5.74, 6) is -0.0101. The van der Waals surface area contributed by atoms with Gasteiger partial charge in [0.1, 0.15) is 0 Å². The molecule has 1 N–H and O–H groups in total. The Morgan fingerprint density at radius 2 is 2.17 bits per heavy atom. The van der Waals surface area contributed by atoms with Crippen LogP contribution in [-0.2, 0) is 6.42 Å². The van der Waals surface area contributed by atoms with Gasteiger partial charge in [0.15, 0.2) is 0 Å². The summed E-state index contributed by atoms with van der Waals surface area (Å²) in [5, 5.41) is 2.93. The predicted molar refractivity (Wildman–Crippen MR) is 87.2 cm³/mol. The van der Waals surface area contributed by atoms with Crippen molar-refractivity contribution >= 4 is 55.8 Å². The van der Waals surface area contributed by atoms with Crippen LogP contribution in [0, 0.1) is 3.57 Å². The first-order chi connectivity index (χ1) is 8.65. The Labute approximate surface area is 132 Å². The molecule has 1 aromatic carbocycles. The Bertz CT molecular complexity index is 555. The maximum Gasteiger partial charge on any atom is 0.251 e. The summed E-state index contributed by atoms with van der Waals surface area (Å²) < 4.78 is 2.20. The van der Waals surface area contributed by atoms with Crippen molar-refractivity contribution in [3.8, 4) is 0 Å². The highest BCUT2D eigenvalue weighted by Crippen LogP contribution is 2.22. The van der Waals surface area contributed by atoms with Gasteiger partial charge in [-0.15, -0.1) is 11.3 Å². The van der Waals surface area contributed by atoms with Crippen LogP contribution < -0.4 is 5.32 Å². The molecule has 0 aliphatic heterocycles. The Morgan fingerprint density at radius 1 is 1.33 bits per heavy atom. The lowest BCUT2D eigenvalue weighted by Crippen LogP contribution is -2.25. The van der Waals surface area contributed by atoms with Crippen LogP contribution in [0.25, 0.3) is 0 Å². The fourth-order valence-corrected chi connectivity index (χ4v) is 3.54. The summed E-state index contributed by atoms with van der Waals surface area (Å²) in [6.45, 7) is 0.664. The second kappa shape index (κ2) is 6.68. The van der Waals surface area contributed by atoms with Gasteiger partial charge in [0, 0.05) is 20.6 Å². The second-order valence-corrected chi connectivity index (χ2v) is 7.52. The molecule has 0 saturated carbocycles. The molecular weight excluding hydrogens is 425 g/mol. The van der Waals surface area contributed by atoms with Gasteiger partial charge in [0.2, 0.25) is 0 Å². The van der Waals surface area contributed by atoms with Crippen molar-refractivity contribution < 1.29 is 4.79 Å². The molecule has 0 radical (unpaired) electrons. The average Bonchev–Trinajstić information content (AvgIpc) is 2.75. The van der Waals surface area contributed by atoms with E-state index in [-0.39, 0.29) is 5.91 Å². The normalized spacial score (nSPS) is 10.3. The third-order valence-electron chi connectivity index (χ3n) is 2.37. The van der Waals surface area contributed by atoms with Crippen molar-refractivity contribution in [3.05, 3.63) is 54.2 Å². The summed E-state index contributed by atoms with van der Waals surface area (Å²) in [5.41, 5.74) is 0.717. The molecule has 0 aliphatic rings. The molecule has 18 heavy (non-hydrogen) atoms. The van der Waals surface area contributed by atoms with Crippen LogP contribution in [0.4, 0.5) is 0 Å². The van der Waals surface area contributed by atoms with Crippen LogP contribution in [0.5, 0.6) is 0 Å². The van der Waals surface area contributed by atoms with E-state index in [4.69, 9.17) is 0 Å². The molecule has 2 nitrogen and oxygen atoms in total. The maximum atomic E-state index is 11.9. The zero-order chi connectivity index (χ0) is 13.0. The lowest BCUT2D eigenvalue weighted by molar-refractivity contribution is 0.0954. The van der Waals surface area contributed by atoms with Gasteiger partial charge in [-0.25, -0.2) is 0 Å². The van der Waals surface area contributed by atoms with Gasteiger partial charge in [-0.05, 0) is 75.3 Å².